The van der Waals surface area contributed by atoms with Gasteiger partial charge < -0.3 is 9.47 Å². The third-order valence-electron chi connectivity index (χ3n) is 6.98. The number of aromatic nitrogens is 2. The number of benzene rings is 2. The van der Waals surface area contributed by atoms with Crippen molar-refractivity contribution in [2.45, 2.75) is 31.4 Å². The minimum atomic E-state index is 0.535. The average Bonchev–Trinajstić information content (AvgIpc) is 3.21. The van der Waals surface area contributed by atoms with Crippen LogP contribution in [0, 0.1) is 5.92 Å². The van der Waals surface area contributed by atoms with Crippen LogP contribution in [0.1, 0.15) is 30.0 Å². The first kappa shape index (κ1) is 20.3. The van der Waals surface area contributed by atoms with Gasteiger partial charge in [-0.05, 0) is 61.2 Å². The largest absolute Gasteiger partial charge is 0.497 e. The second-order valence-electron chi connectivity index (χ2n) is 8.85. The Morgan fingerprint density at radius 2 is 1.87 bits per heavy atom. The Morgan fingerprint density at radius 1 is 1.06 bits per heavy atom. The van der Waals surface area contributed by atoms with Crippen LogP contribution in [0.4, 0.5) is 0 Å². The molecular formula is C26H31N3O2. The van der Waals surface area contributed by atoms with Crippen molar-refractivity contribution < 1.29 is 9.47 Å². The van der Waals surface area contributed by atoms with Gasteiger partial charge in [-0.25, -0.2) is 0 Å². The SMILES string of the molecule is COc1ccc(-c2cc(C3CN4CCC3CC4COCc3ccccc3)n(C)n2)cc1. The van der Waals surface area contributed by atoms with Gasteiger partial charge in [0.05, 0.1) is 26.0 Å². The number of methoxy groups -OCH3 is 1. The fourth-order valence-corrected chi connectivity index (χ4v) is 5.27. The summed E-state index contributed by atoms with van der Waals surface area (Å²) < 4.78 is 13.5. The molecule has 4 atom stereocenters. The van der Waals surface area contributed by atoms with Crippen LogP contribution in [0.2, 0.25) is 0 Å². The van der Waals surface area contributed by atoms with Gasteiger partial charge in [-0.3, -0.25) is 9.58 Å². The molecule has 5 heteroatoms. The van der Waals surface area contributed by atoms with Crippen LogP contribution in [0.5, 0.6) is 5.75 Å². The van der Waals surface area contributed by atoms with E-state index < -0.39 is 0 Å². The first-order valence-corrected chi connectivity index (χ1v) is 11.3. The topological polar surface area (TPSA) is 39.5 Å². The Kier molecular flexibility index (Phi) is 5.79. The maximum absolute atomic E-state index is 6.09. The number of nitrogens with zero attached hydrogens (tertiary/aromatic N) is 3. The number of aryl methyl sites for hydroxylation is 1. The van der Waals surface area contributed by atoms with E-state index in [-0.39, 0.29) is 0 Å². The van der Waals surface area contributed by atoms with Crippen molar-refractivity contribution in [2.24, 2.45) is 13.0 Å². The highest BCUT2D eigenvalue weighted by atomic mass is 16.5. The predicted molar refractivity (Wildman–Crippen MR) is 122 cm³/mol. The van der Waals surface area contributed by atoms with E-state index in [4.69, 9.17) is 14.6 Å². The van der Waals surface area contributed by atoms with E-state index in [0.29, 0.717) is 24.5 Å². The molecule has 1 aromatic heterocycles. The Hall–Kier alpha value is -2.63. The van der Waals surface area contributed by atoms with Gasteiger partial charge in [0.2, 0.25) is 0 Å². The highest BCUT2D eigenvalue weighted by molar-refractivity contribution is 5.60. The highest BCUT2D eigenvalue weighted by Gasteiger charge is 2.41. The Bertz CT molecular complexity index is 999. The molecule has 31 heavy (non-hydrogen) atoms. The molecule has 0 spiro atoms. The van der Waals surface area contributed by atoms with Crippen molar-refractivity contribution in [1.29, 1.82) is 0 Å². The molecule has 6 rings (SSSR count). The van der Waals surface area contributed by atoms with Crippen molar-refractivity contribution in [1.82, 2.24) is 14.7 Å². The number of rotatable bonds is 7. The lowest BCUT2D eigenvalue weighted by Crippen LogP contribution is -2.54. The quantitative estimate of drug-likeness (QED) is 0.568. The third kappa shape index (κ3) is 4.25. The predicted octanol–water partition coefficient (Wildman–Crippen LogP) is 4.49. The minimum Gasteiger partial charge on any atom is -0.497 e. The fourth-order valence-electron chi connectivity index (χ4n) is 5.27. The van der Waals surface area contributed by atoms with Crippen LogP contribution in [0.15, 0.2) is 60.7 Å². The summed E-state index contributed by atoms with van der Waals surface area (Å²) in [4.78, 5) is 2.63. The maximum Gasteiger partial charge on any atom is 0.118 e. The van der Waals surface area contributed by atoms with Crippen molar-refractivity contribution >= 4 is 0 Å². The summed E-state index contributed by atoms with van der Waals surface area (Å²) in [5, 5.41) is 4.83. The van der Waals surface area contributed by atoms with Gasteiger partial charge >= 0.3 is 0 Å². The molecule has 3 saturated heterocycles. The molecule has 162 valence electrons. The molecule has 3 aromatic rings. The second kappa shape index (κ2) is 8.85. The van der Waals surface area contributed by atoms with Gasteiger partial charge in [-0.1, -0.05) is 30.3 Å². The number of hydrogen-bond donors (Lipinski definition) is 0. The zero-order valence-corrected chi connectivity index (χ0v) is 18.4. The van der Waals surface area contributed by atoms with Crippen LogP contribution in [-0.4, -0.2) is 47.5 Å². The molecule has 3 aliphatic heterocycles. The van der Waals surface area contributed by atoms with E-state index >= 15 is 0 Å². The Balaban J connectivity index is 1.24. The maximum atomic E-state index is 6.09. The molecule has 4 heterocycles. The monoisotopic (exact) mass is 417 g/mol. The highest BCUT2D eigenvalue weighted by Crippen LogP contribution is 2.42. The molecule has 0 aliphatic carbocycles. The molecule has 3 fully saturated rings. The number of fused-ring (bicyclic) bond motifs is 3. The molecule has 0 amide bonds. The normalized spacial score (nSPS) is 25.0. The molecule has 3 aliphatic rings. The lowest BCUT2D eigenvalue weighted by Gasteiger charge is -2.49. The van der Waals surface area contributed by atoms with Gasteiger partial charge in [-0.2, -0.15) is 5.10 Å². The molecule has 0 saturated carbocycles. The van der Waals surface area contributed by atoms with Crippen LogP contribution < -0.4 is 4.74 Å². The van der Waals surface area contributed by atoms with E-state index in [1.165, 1.54) is 30.6 Å². The van der Waals surface area contributed by atoms with Crippen LogP contribution in [0.3, 0.4) is 0 Å². The Labute approximate surface area is 184 Å². The number of ether oxygens (including phenoxy) is 2. The zero-order chi connectivity index (χ0) is 21.2. The summed E-state index contributed by atoms with van der Waals surface area (Å²) in [7, 11) is 3.78. The Morgan fingerprint density at radius 3 is 2.58 bits per heavy atom. The molecule has 0 N–H and O–H groups in total. The van der Waals surface area contributed by atoms with Gasteiger partial charge in [0.1, 0.15) is 5.75 Å². The van der Waals surface area contributed by atoms with E-state index in [1.807, 2.05) is 18.2 Å². The van der Waals surface area contributed by atoms with Crippen LogP contribution in [-0.2, 0) is 18.4 Å². The van der Waals surface area contributed by atoms with E-state index in [0.717, 1.165) is 30.2 Å². The summed E-state index contributed by atoms with van der Waals surface area (Å²) in [6.45, 7) is 3.81. The second-order valence-corrected chi connectivity index (χ2v) is 8.85. The minimum absolute atomic E-state index is 0.535. The fraction of sp³-hybridized carbons (Fsp3) is 0.423. The van der Waals surface area contributed by atoms with E-state index in [1.54, 1.807) is 7.11 Å². The average molecular weight is 418 g/mol. The van der Waals surface area contributed by atoms with Crippen molar-refractivity contribution in [3.8, 4) is 17.0 Å². The molecule has 5 nitrogen and oxygen atoms in total. The summed E-state index contributed by atoms with van der Waals surface area (Å²) >= 11 is 0. The zero-order valence-electron chi connectivity index (χ0n) is 18.4. The van der Waals surface area contributed by atoms with E-state index in [2.05, 4.69) is 59.1 Å². The van der Waals surface area contributed by atoms with E-state index in [9.17, 15) is 0 Å². The number of piperidine rings is 3. The molecule has 2 bridgehead atoms. The lowest BCUT2D eigenvalue weighted by atomic mass is 9.74. The van der Waals surface area contributed by atoms with Gasteiger partial charge in [0, 0.05) is 36.8 Å². The first-order chi connectivity index (χ1) is 15.2. The number of hydrogen-bond acceptors (Lipinski definition) is 4. The van der Waals surface area contributed by atoms with Gasteiger partial charge in [0.25, 0.3) is 0 Å². The first-order valence-electron chi connectivity index (χ1n) is 11.3. The third-order valence-corrected chi connectivity index (χ3v) is 6.98. The van der Waals surface area contributed by atoms with Gasteiger partial charge in [0.15, 0.2) is 0 Å². The van der Waals surface area contributed by atoms with Crippen molar-refractivity contribution in [2.75, 3.05) is 26.8 Å². The standard InChI is InChI=1S/C26H31N3O2/c1-28-26(15-25(27-28)20-8-10-23(30-2)11-9-20)24-16-29-13-12-21(24)14-22(29)18-31-17-19-6-4-3-5-7-19/h3-11,15,21-22,24H,12-14,16-18H2,1-2H3. The van der Waals surface area contributed by atoms with Crippen molar-refractivity contribution in [3.05, 3.63) is 71.9 Å². The summed E-state index contributed by atoms with van der Waals surface area (Å²) in [5.41, 5.74) is 4.77. The molecule has 2 aromatic carbocycles. The van der Waals surface area contributed by atoms with Crippen molar-refractivity contribution in [3.63, 3.8) is 0 Å². The van der Waals surface area contributed by atoms with Crippen LogP contribution in [0.25, 0.3) is 11.3 Å². The lowest BCUT2D eigenvalue weighted by molar-refractivity contribution is -0.0249. The summed E-state index contributed by atoms with van der Waals surface area (Å²) in [6.07, 6.45) is 2.48. The smallest absolute Gasteiger partial charge is 0.118 e. The van der Waals surface area contributed by atoms with Crippen LogP contribution >= 0.6 is 0 Å². The summed E-state index contributed by atoms with van der Waals surface area (Å²) in [6, 6.07) is 21.4. The molecular weight excluding hydrogens is 386 g/mol. The molecule has 4 unspecified atom stereocenters. The molecule has 0 radical (unpaired) electrons. The summed E-state index contributed by atoms with van der Waals surface area (Å²) in [5.74, 6) is 2.12. The van der Waals surface area contributed by atoms with Gasteiger partial charge in [-0.15, -0.1) is 0 Å².